The van der Waals surface area contributed by atoms with Crippen molar-refractivity contribution in [1.82, 2.24) is 0 Å². The van der Waals surface area contributed by atoms with E-state index in [2.05, 4.69) is 12.7 Å². The van der Waals surface area contributed by atoms with Crippen LogP contribution in [-0.2, 0) is 4.79 Å². The molecule has 0 fully saturated rings. The maximum absolute atomic E-state index is 11.0. The van der Waals surface area contributed by atoms with Gasteiger partial charge in [-0.15, -0.1) is 0 Å². The summed E-state index contributed by atoms with van der Waals surface area (Å²) in [4.78, 5) is 11.0. The Kier molecular flexibility index (Phi) is 5.35. The summed E-state index contributed by atoms with van der Waals surface area (Å²) in [5.74, 6) is -1.43. The minimum atomic E-state index is -1.02. The molecular formula is C15H22O3. The lowest BCUT2D eigenvalue weighted by Gasteiger charge is -2.23. The molecule has 0 amide bonds. The molecule has 0 heterocycles. The Morgan fingerprint density at radius 3 is 2.61 bits per heavy atom. The Bertz CT molecular complexity index is 391. The average Bonchev–Trinajstić information content (AvgIpc) is 2.27. The van der Waals surface area contributed by atoms with Crippen LogP contribution in [0.2, 0.25) is 0 Å². The molecule has 0 aromatic carbocycles. The van der Waals surface area contributed by atoms with Crippen LogP contribution in [0.15, 0.2) is 35.5 Å². The number of hydrogen-bond donors (Lipinski definition) is 2. The highest BCUT2D eigenvalue weighted by Gasteiger charge is 2.25. The monoisotopic (exact) mass is 250 g/mol. The van der Waals surface area contributed by atoms with Crippen molar-refractivity contribution in [3.63, 3.8) is 0 Å². The van der Waals surface area contributed by atoms with E-state index in [9.17, 15) is 9.90 Å². The fourth-order valence-electron chi connectivity index (χ4n) is 2.22. The standard InChI is InChI=1S/C15H22O3/c1-10-5-4-6-11(2)9-14(16)13(8-7-10)12(3)15(17)18/h6-7,13-14,16H,3-5,8-9H2,1-2H3,(H,17,18)/b10-7+,11-6+/t13-,14+/m1/s1. The Hall–Kier alpha value is -1.35. The number of hydrogen-bond acceptors (Lipinski definition) is 2. The molecule has 0 aromatic heterocycles. The zero-order chi connectivity index (χ0) is 13.7. The Labute approximate surface area is 109 Å². The van der Waals surface area contributed by atoms with E-state index in [-0.39, 0.29) is 5.57 Å². The van der Waals surface area contributed by atoms with Gasteiger partial charge in [0, 0.05) is 11.5 Å². The molecule has 2 atom stereocenters. The summed E-state index contributed by atoms with van der Waals surface area (Å²) in [5, 5.41) is 19.2. The van der Waals surface area contributed by atoms with Crippen LogP contribution in [0.1, 0.15) is 39.5 Å². The summed E-state index contributed by atoms with van der Waals surface area (Å²) in [5.41, 5.74) is 2.44. The third kappa shape index (κ3) is 4.15. The molecule has 0 saturated carbocycles. The number of aliphatic hydroxyl groups is 1. The summed E-state index contributed by atoms with van der Waals surface area (Å²) in [6, 6.07) is 0. The highest BCUT2D eigenvalue weighted by atomic mass is 16.4. The van der Waals surface area contributed by atoms with Crippen molar-refractivity contribution in [3.8, 4) is 0 Å². The Morgan fingerprint density at radius 1 is 1.33 bits per heavy atom. The van der Waals surface area contributed by atoms with Gasteiger partial charge in [0.05, 0.1) is 6.10 Å². The summed E-state index contributed by atoms with van der Waals surface area (Å²) in [6.07, 6.45) is 6.50. The van der Waals surface area contributed by atoms with Crippen LogP contribution >= 0.6 is 0 Å². The van der Waals surface area contributed by atoms with Gasteiger partial charge < -0.3 is 10.2 Å². The molecule has 18 heavy (non-hydrogen) atoms. The summed E-state index contributed by atoms with van der Waals surface area (Å²) in [7, 11) is 0. The molecule has 0 aromatic rings. The number of aliphatic carboxylic acids is 1. The van der Waals surface area contributed by atoms with Crippen molar-refractivity contribution in [2.75, 3.05) is 0 Å². The lowest BCUT2D eigenvalue weighted by Crippen LogP contribution is -2.25. The first-order valence-corrected chi connectivity index (χ1v) is 6.33. The lowest BCUT2D eigenvalue weighted by atomic mass is 9.86. The maximum atomic E-state index is 11.0. The molecule has 0 aliphatic heterocycles. The fraction of sp³-hybridized carbons (Fsp3) is 0.533. The number of carbonyl (C=O) groups is 1. The normalized spacial score (nSPS) is 31.7. The van der Waals surface area contributed by atoms with Crippen LogP contribution in [0.5, 0.6) is 0 Å². The molecule has 0 spiro atoms. The van der Waals surface area contributed by atoms with Gasteiger partial charge in [0.25, 0.3) is 0 Å². The number of rotatable bonds is 2. The molecule has 2 N–H and O–H groups in total. The second kappa shape index (κ2) is 6.55. The molecule has 1 aliphatic carbocycles. The molecule has 1 aliphatic rings. The number of carboxylic acid groups (broad SMARTS) is 1. The van der Waals surface area contributed by atoms with Crippen molar-refractivity contribution in [2.24, 2.45) is 5.92 Å². The highest BCUT2D eigenvalue weighted by molar-refractivity contribution is 5.86. The first kappa shape index (κ1) is 14.7. The van der Waals surface area contributed by atoms with Gasteiger partial charge in [0.1, 0.15) is 0 Å². The fourth-order valence-corrected chi connectivity index (χ4v) is 2.22. The second-order valence-corrected chi connectivity index (χ2v) is 5.08. The summed E-state index contributed by atoms with van der Waals surface area (Å²) >= 11 is 0. The van der Waals surface area contributed by atoms with E-state index in [0.29, 0.717) is 12.8 Å². The molecule has 100 valence electrons. The highest BCUT2D eigenvalue weighted by Crippen LogP contribution is 2.26. The van der Waals surface area contributed by atoms with Gasteiger partial charge in [-0.2, -0.15) is 0 Å². The van der Waals surface area contributed by atoms with Crippen LogP contribution < -0.4 is 0 Å². The lowest BCUT2D eigenvalue weighted by molar-refractivity contribution is -0.133. The molecule has 0 saturated heterocycles. The predicted octanol–water partition coefficient (Wildman–Crippen LogP) is 3.07. The Morgan fingerprint density at radius 2 is 2.00 bits per heavy atom. The van der Waals surface area contributed by atoms with Gasteiger partial charge >= 0.3 is 5.97 Å². The number of aliphatic hydroxyl groups excluding tert-OH is 1. The van der Waals surface area contributed by atoms with Crippen molar-refractivity contribution < 1.29 is 15.0 Å². The van der Waals surface area contributed by atoms with Gasteiger partial charge in [0.15, 0.2) is 0 Å². The zero-order valence-electron chi connectivity index (χ0n) is 11.1. The van der Waals surface area contributed by atoms with E-state index < -0.39 is 18.0 Å². The molecule has 0 bridgehead atoms. The molecular weight excluding hydrogens is 228 g/mol. The first-order chi connectivity index (χ1) is 8.41. The van der Waals surface area contributed by atoms with Crippen molar-refractivity contribution in [1.29, 1.82) is 0 Å². The van der Waals surface area contributed by atoms with Crippen molar-refractivity contribution in [2.45, 2.75) is 45.6 Å². The molecule has 0 unspecified atom stereocenters. The van der Waals surface area contributed by atoms with Crippen molar-refractivity contribution in [3.05, 3.63) is 35.5 Å². The van der Waals surface area contributed by atoms with Crippen LogP contribution in [0.3, 0.4) is 0 Å². The minimum Gasteiger partial charge on any atom is -0.478 e. The summed E-state index contributed by atoms with van der Waals surface area (Å²) in [6.45, 7) is 7.61. The number of allylic oxidation sites excluding steroid dienone is 3. The molecule has 3 nitrogen and oxygen atoms in total. The third-order valence-electron chi connectivity index (χ3n) is 3.47. The molecule has 3 heteroatoms. The van der Waals surface area contributed by atoms with Crippen LogP contribution in [0.25, 0.3) is 0 Å². The first-order valence-electron chi connectivity index (χ1n) is 6.33. The van der Waals surface area contributed by atoms with E-state index in [4.69, 9.17) is 5.11 Å². The van der Waals surface area contributed by atoms with E-state index in [1.807, 2.05) is 19.9 Å². The summed E-state index contributed by atoms with van der Waals surface area (Å²) < 4.78 is 0. The largest absolute Gasteiger partial charge is 0.478 e. The smallest absolute Gasteiger partial charge is 0.331 e. The minimum absolute atomic E-state index is 0.0972. The number of carboxylic acids is 1. The van der Waals surface area contributed by atoms with E-state index >= 15 is 0 Å². The Balaban J connectivity index is 2.94. The predicted molar refractivity (Wildman–Crippen MR) is 72.3 cm³/mol. The zero-order valence-corrected chi connectivity index (χ0v) is 11.1. The average molecular weight is 250 g/mol. The van der Waals surface area contributed by atoms with Crippen molar-refractivity contribution >= 4 is 5.97 Å². The van der Waals surface area contributed by atoms with Gasteiger partial charge in [0.2, 0.25) is 0 Å². The van der Waals surface area contributed by atoms with Gasteiger partial charge in [-0.3, -0.25) is 0 Å². The molecule has 1 rings (SSSR count). The van der Waals surface area contributed by atoms with Crippen LogP contribution in [0, 0.1) is 5.92 Å². The van der Waals surface area contributed by atoms with E-state index in [0.717, 1.165) is 18.4 Å². The third-order valence-corrected chi connectivity index (χ3v) is 3.47. The topological polar surface area (TPSA) is 57.5 Å². The SMILES string of the molecule is C=C(C(=O)O)[C@H]1C/C=C(\C)CC/C=C(\C)C[C@@H]1O. The van der Waals surface area contributed by atoms with E-state index in [1.54, 1.807) is 0 Å². The van der Waals surface area contributed by atoms with Crippen LogP contribution in [-0.4, -0.2) is 22.3 Å². The van der Waals surface area contributed by atoms with Crippen LogP contribution in [0.4, 0.5) is 0 Å². The second-order valence-electron chi connectivity index (χ2n) is 5.08. The molecule has 0 radical (unpaired) electrons. The van der Waals surface area contributed by atoms with E-state index in [1.165, 1.54) is 5.57 Å². The quantitative estimate of drug-likeness (QED) is 0.585. The maximum Gasteiger partial charge on any atom is 0.331 e. The van der Waals surface area contributed by atoms with Gasteiger partial charge in [-0.25, -0.2) is 4.79 Å². The van der Waals surface area contributed by atoms with Gasteiger partial charge in [-0.1, -0.05) is 29.9 Å². The van der Waals surface area contributed by atoms with Gasteiger partial charge in [-0.05, 0) is 39.5 Å².